The fourth-order valence-electron chi connectivity index (χ4n) is 1.33. The third kappa shape index (κ3) is 0.898. The molecule has 1 aromatic carbocycles. The van der Waals surface area contributed by atoms with Crippen LogP contribution in [0.1, 0.15) is 0 Å². The van der Waals surface area contributed by atoms with Crippen molar-refractivity contribution in [3.05, 3.63) is 24.4 Å². The zero-order valence-corrected chi connectivity index (χ0v) is 6.79. The summed E-state index contributed by atoms with van der Waals surface area (Å²) < 4.78 is 5.17. The first-order valence-electron chi connectivity index (χ1n) is 3.72. The van der Waals surface area contributed by atoms with Crippen molar-refractivity contribution in [2.75, 3.05) is 7.11 Å². The molecule has 3 heteroatoms. The number of hydrogen-bond donors (Lipinski definition) is 1. The second kappa shape index (κ2) is 2.59. The minimum Gasteiger partial charge on any atom is -0.496 e. The van der Waals surface area contributed by atoms with Crippen molar-refractivity contribution in [3.63, 3.8) is 0 Å². The van der Waals surface area contributed by atoms with Crippen LogP contribution in [0.3, 0.4) is 0 Å². The van der Waals surface area contributed by atoms with Gasteiger partial charge in [0.25, 0.3) is 0 Å². The number of methoxy groups -OCH3 is 1. The van der Waals surface area contributed by atoms with Gasteiger partial charge in [-0.15, -0.1) is 0 Å². The number of benzene rings is 1. The Hall–Kier alpha value is -1.38. The molecule has 0 amide bonds. The fourth-order valence-corrected chi connectivity index (χ4v) is 1.33. The summed E-state index contributed by atoms with van der Waals surface area (Å²) in [6.07, 6.45) is 1.85. The molecule has 2 aromatic rings. The summed E-state index contributed by atoms with van der Waals surface area (Å²) in [6.45, 7) is 0. The smallest absolute Gasteiger partial charge is 0.128 e. The average Bonchev–Trinajstić information content (AvgIpc) is 2.54. The number of ether oxygens (including phenoxy) is 1. The Labute approximate surface area is 72.0 Å². The number of fused-ring (bicyclic) bond motifs is 1. The number of aromatic nitrogens is 1. The number of H-pyrrole nitrogens is 1. The SMILES string of the molecule is [B]c1ccc(OC)c2cc[nH]c12. The average molecular weight is 157 g/mol. The molecule has 0 bridgehead atoms. The van der Waals surface area contributed by atoms with Crippen LogP contribution in [0.5, 0.6) is 5.75 Å². The van der Waals surface area contributed by atoms with Crippen LogP contribution < -0.4 is 10.2 Å². The lowest BCUT2D eigenvalue weighted by Crippen LogP contribution is -2.03. The summed E-state index contributed by atoms with van der Waals surface area (Å²) in [5, 5.41) is 1.03. The van der Waals surface area contributed by atoms with Gasteiger partial charge < -0.3 is 9.72 Å². The normalized spacial score (nSPS) is 10.4. The second-order valence-corrected chi connectivity index (χ2v) is 2.62. The van der Waals surface area contributed by atoms with Gasteiger partial charge in [0.05, 0.1) is 7.11 Å². The van der Waals surface area contributed by atoms with Crippen LogP contribution in [0.15, 0.2) is 24.4 Å². The van der Waals surface area contributed by atoms with Crippen molar-refractivity contribution >= 4 is 24.2 Å². The predicted molar refractivity (Wildman–Crippen MR) is 50.2 cm³/mol. The van der Waals surface area contributed by atoms with Gasteiger partial charge in [-0.3, -0.25) is 0 Å². The molecule has 0 saturated carbocycles. The molecule has 1 N–H and O–H groups in total. The number of rotatable bonds is 1. The van der Waals surface area contributed by atoms with Gasteiger partial charge in [-0.25, -0.2) is 0 Å². The Morgan fingerprint density at radius 1 is 1.33 bits per heavy atom. The highest BCUT2D eigenvalue weighted by molar-refractivity contribution is 6.38. The Morgan fingerprint density at radius 3 is 2.92 bits per heavy atom. The lowest BCUT2D eigenvalue weighted by atomic mass is 9.94. The summed E-state index contributed by atoms with van der Waals surface area (Å²) >= 11 is 0. The molecule has 2 nitrogen and oxygen atoms in total. The van der Waals surface area contributed by atoms with Gasteiger partial charge in [0.1, 0.15) is 13.6 Å². The van der Waals surface area contributed by atoms with Crippen LogP contribution in [0.2, 0.25) is 0 Å². The van der Waals surface area contributed by atoms with E-state index in [1.54, 1.807) is 7.11 Å². The quantitative estimate of drug-likeness (QED) is 0.613. The van der Waals surface area contributed by atoms with Gasteiger partial charge in [0.15, 0.2) is 0 Å². The van der Waals surface area contributed by atoms with Crippen molar-refractivity contribution in [2.45, 2.75) is 0 Å². The predicted octanol–water partition coefficient (Wildman–Crippen LogP) is 0.970. The number of nitrogens with one attached hydrogen (secondary N) is 1. The highest BCUT2D eigenvalue weighted by Crippen LogP contribution is 2.21. The van der Waals surface area contributed by atoms with Crippen LogP contribution in [-0.4, -0.2) is 19.9 Å². The standard InChI is InChI=1S/C9H8BNO/c1-12-8-3-2-7(10)9-6(8)4-5-11-9/h2-5,11H,1H3. The van der Waals surface area contributed by atoms with Gasteiger partial charge in [-0.1, -0.05) is 11.5 Å². The summed E-state index contributed by atoms with van der Waals surface area (Å²) in [7, 11) is 7.39. The molecule has 1 aromatic heterocycles. The van der Waals surface area contributed by atoms with Crippen molar-refractivity contribution in [3.8, 4) is 5.75 Å². The topological polar surface area (TPSA) is 25.0 Å². The maximum Gasteiger partial charge on any atom is 0.128 e. The molecular weight excluding hydrogens is 149 g/mol. The van der Waals surface area contributed by atoms with Gasteiger partial charge in [0.2, 0.25) is 0 Å². The van der Waals surface area contributed by atoms with E-state index in [1.807, 2.05) is 24.4 Å². The molecule has 0 aliphatic carbocycles. The number of aromatic amines is 1. The first kappa shape index (κ1) is 7.28. The second-order valence-electron chi connectivity index (χ2n) is 2.62. The van der Waals surface area contributed by atoms with Crippen LogP contribution in [0.4, 0.5) is 0 Å². The molecule has 2 radical (unpaired) electrons. The van der Waals surface area contributed by atoms with Gasteiger partial charge >= 0.3 is 0 Å². The molecule has 0 unspecified atom stereocenters. The lowest BCUT2D eigenvalue weighted by Gasteiger charge is -2.02. The molecule has 0 fully saturated rings. The minimum absolute atomic E-state index is 0.746. The highest BCUT2D eigenvalue weighted by Gasteiger charge is 2.02. The molecule has 0 atom stereocenters. The summed E-state index contributed by atoms with van der Waals surface area (Å²) in [5.41, 5.74) is 1.69. The van der Waals surface area contributed by atoms with Crippen LogP contribution in [0.25, 0.3) is 10.9 Å². The van der Waals surface area contributed by atoms with Gasteiger partial charge in [0, 0.05) is 17.1 Å². The van der Waals surface area contributed by atoms with E-state index >= 15 is 0 Å². The van der Waals surface area contributed by atoms with Crippen molar-refractivity contribution in [1.82, 2.24) is 4.98 Å². The molecule has 0 saturated heterocycles. The molecule has 58 valence electrons. The van der Waals surface area contributed by atoms with E-state index in [1.165, 1.54) is 0 Å². The zero-order chi connectivity index (χ0) is 8.55. The third-order valence-corrected chi connectivity index (χ3v) is 1.94. The molecule has 0 aliphatic rings. The van der Waals surface area contributed by atoms with Gasteiger partial charge in [-0.05, 0) is 12.1 Å². The summed E-state index contributed by atoms with van der Waals surface area (Å²) in [4.78, 5) is 3.06. The lowest BCUT2D eigenvalue weighted by molar-refractivity contribution is 0.420. The van der Waals surface area contributed by atoms with Crippen LogP contribution >= 0.6 is 0 Å². The van der Waals surface area contributed by atoms with Crippen molar-refractivity contribution < 1.29 is 4.74 Å². The molecule has 0 aliphatic heterocycles. The monoisotopic (exact) mass is 157 g/mol. The van der Waals surface area contributed by atoms with Crippen LogP contribution in [-0.2, 0) is 0 Å². The van der Waals surface area contributed by atoms with Crippen molar-refractivity contribution in [1.29, 1.82) is 0 Å². The van der Waals surface area contributed by atoms with Crippen molar-refractivity contribution in [2.24, 2.45) is 0 Å². The number of hydrogen-bond acceptors (Lipinski definition) is 1. The van der Waals surface area contributed by atoms with E-state index in [9.17, 15) is 0 Å². The molecule has 12 heavy (non-hydrogen) atoms. The Morgan fingerprint density at radius 2 is 2.17 bits per heavy atom. The van der Waals surface area contributed by atoms with Gasteiger partial charge in [-0.2, -0.15) is 0 Å². The van der Waals surface area contributed by atoms with E-state index in [-0.39, 0.29) is 0 Å². The Balaban J connectivity index is 2.82. The first-order valence-corrected chi connectivity index (χ1v) is 3.72. The molecular formula is C9H8BNO. The third-order valence-electron chi connectivity index (χ3n) is 1.94. The van der Waals surface area contributed by atoms with Crippen LogP contribution in [0, 0.1) is 0 Å². The summed E-state index contributed by atoms with van der Waals surface area (Å²) in [6, 6.07) is 5.65. The van der Waals surface area contributed by atoms with E-state index in [0.717, 1.165) is 22.1 Å². The first-order chi connectivity index (χ1) is 5.83. The fraction of sp³-hybridized carbons (Fsp3) is 0.111. The highest BCUT2D eigenvalue weighted by atomic mass is 16.5. The summed E-state index contributed by atoms with van der Waals surface area (Å²) in [5.74, 6) is 0.848. The van der Waals surface area contributed by atoms with E-state index in [0.29, 0.717) is 0 Å². The Bertz CT molecular complexity index is 408. The molecule has 1 heterocycles. The largest absolute Gasteiger partial charge is 0.496 e. The molecule has 2 rings (SSSR count). The maximum absolute atomic E-state index is 5.74. The van der Waals surface area contributed by atoms with E-state index in [4.69, 9.17) is 12.6 Å². The molecule has 0 spiro atoms. The Kier molecular flexibility index (Phi) is 1.57. The van der Waals surface area contributed by atoms with E-state index in [2.05, 4.69) is 4.98 Å². The maximum atomic E-state index is 5.74. The minimum atomic E-state index is 0.746. The van der Waals surface area contributed by atoms with E-state index < -0.39 is 0 Å². The zero-order valence-electron chi connectivity index (χ0n) is 6.79.